The van der Waals surface area contributed by atoms with Crippen LogP contribution in [0.15, 0.2) is 0 Å². The number of aliphatic carboxylic acids is 1. The number of ketones is 1. The molecule has 0 amide bonds. The van der Waals surface area contributed by atoms with E-state index in [0.29, 0.717) is 32.1 Å². The van der Waals surface area contributed by atoms with Crippen molar-refractivity contribution >= 4 is 11.8 Å². The van der Waals surface area contributed by atoms with Crippen LogP contribution in [0.3, 0.4) is 0 Å². The van der Waals surface area contributed by atoms with Gasteiger partial charge < -0.3 is 14.9 Å². The van der Waals surface area contributed by atoms with E-state index in [4.69, 9.17) is 9.84 Å². The van der Waals surface area contributed by atoms with E-state index in [1.807, 2.05) is 6.92 Å². The molecule has 27 heavy (non-hydrogen) atoms. The van der Waals surface area contributed by atoms with Crippen molar-refractivity contribution in [2.45, 2.75) is 102 Å². The van der Waals surface area contributed by atoms with Gasteiger partial charge in [0.15, 0.2) is 0 Å². The molecular formula is C20H32F2O5. The summed E-state index contributed by atoms with van der Waals surface area (Å²) < 4.78 is 34.3. The van der Waals surface area contributed by atoms with Gasteiger partial charge in [-0.3, -0.25) is 9.59 Å². The minimum absolute atomic E-state index is 0.0386. The Bertz CT molecular complexity index is 525. The molecule has 1 saturated heterocycles. The number of fused-ring (bicyclic) bond motifs is 1. The van der Waals surface area contributed by atoms with Crippen LogP contribution in [0, 0.1) is 11.8 Å². The number of unbranched alkanes of at least 4 members (excludes halogenated alkanes) is 4. The highest BCUT2D eigenvalue weighted by Gasteiger charge is 2.59. The first-order valence-corrected chi connectivity index (χ1v) is 10.2. The molecule has 7 heteroatoms. The number of rotatable bonds is 11. The summed E-state index contributed by atoms with van der Waals surface area (Å²) in [5.41, 5.74) is 0. The third-order valence-electron chi connectivity index (χ3n) is 6.04. The maximum atomic E-state index is 14.4. The van der Waals surface area contributed by atoms with Gasteiger partial charge in [-0.25, -0.2) is 8.78 Å². The van der Waals surface area contributed by atoms with E-state index in [9.17, 15) is 23.5 Å². The van der Waals surface area contributed by atoms with Crippen molar-refractivity contribution in [3.63, 3.8) is 0 Å². The molecule has 1 heterocycles. The number of halogens is 2. The predicted molar refractivity (Wildman–Crippen MR) is 95.5 cm³/mol. The Hall–Kier alpha value is -1.08. The van der Waals surface area contributed by atoms with Crippen LogP contribution in [0.4, 0.5) is 8.78 Å². The molecule has 4 atom stereocenters. The van der Waals surface area contributed by atoms with Crippen LogP contribution in [-0.4, -0.2) is 39.8 Å². The van der Waals surface area contributed by atoms with Crippen LogP contribution < -0.4 is 0 Å². The van der Waals surface area contributed by atoms with Crippen LogP contribution >= 0.6 is 0 Å². The lowest BCUT2D eigenvalue weighted by Crippen LogP contribution is -2.55. The number of Topliss-reactive ketones (excluding diaryl/α,β-unsaturated/α-hetero) is 1. The van der Waals surface area contributed by atoms with Crippen LogP contribution in [0.5, 0.6) is 0 Å². The lowest BCUT2D eigenvalue weighted by atomic mass is 9.81. The summed E-state index contributed by atoms with van der Waals surface area (Å²) in [5, 5.41) is 19.1. The van der Waals surface area contributed by atoms with Gasteiger partial charge in [-0.2, -0.15) is 0 Å². The largest absolute Gasteiger partial charge is 0.481 e. The Labute approximate surface area is 159 Å². The number of aliphatic hydroxyl groups is 1. The van der Waals surface area contributed by atoms with E-state index in [-0.39, 0.29) is 36.9 Å². The average molecular weight is 390 g/mol. The molecule has 2 aliphatic rings. The molecular weight excluding hydrogens is 358 g/mol. The number of hydrogen-bond acceptors (Lipinski definition) is 4. The Morgan fingerprint density at radius 1 is 1.26 bits per heavy atom. The number of ether oxygens (including phenoxy) is 1. The third kappa shape index (κ3) is 5.47. The van der Waals surface area contributed by atoms with E-state index in [1.165, 1.54) is 0 Å². The van der Waals surface area contributed by atoms with Crippen molar-refractivity contribution in [3.8, 4) is 0 Å². The highest BCUT2D eigenvalue weighted by molar-refractivity contribution is 5.84. The van der Waals surface area contributed by atoms with Gasteiger partial charge in [-0.05, 0) is 31.6 Å². The number of carboxylic acid groups (broad SMARTS) is 1. The maximum Gasteiger partial charge on any atom is 0.303 e. The van der Waals surface area contributed by atoms with Gasteiger partial charge in [-0.15, -0.1) is 0 Å². The van der Waals surface area contributed by atoms with E-state index < -0.39 is 30.2 Å². The third-order valence-corrected chi connectivity index (χ3v) is 6.04. The lowest BCUT2D eigenvalue weighted by molar-refractivity contribution is -0.356. The van der Waals surface area contributed by atoms with Gasteiger partial charge in [0.25, 0.3) is 0 Å². The Kier molecular flexibility index (Phi) is 7.74. The number of carbonyl (C=O) groups excluding carboxylic acids is 1. The van der Waals surface area contributed by atoms with Crippen molar-refractivity contribution in [2.24, 2.45) is 11.8 Å². The first-order chi connectivity index (χ1) is 12.7. The van der Waals surface area contributed by atoms with Crippen molar-refractivity contribution in [1.29, 1.82) is 0 Å². The molecule has 2 rings (SSSR count). The molecule has 156 valence electrons. The molecule has 5 nitrogen and oxygen atoms in total. The van der Waals surface area contributed by atoms with E-state index in [2.05, 4.69) is 0 Å². The van der Waals surface area contributed by atoms with Crippen LogP contribution in [0.2, 0.25) is 0 Å². The molecule has 2 N–H and O–H groups in total. The van der Waals surface area contributed by atoms with Crippen molar-refractivity contribution in [2.75, 3.05) is 0 Å². The molecule has 0 bridgehead atoms. The molecule has 1 aliphatic carbocycles. The number of hydrogen-bond donors (Lipinski definition) is 2. The first-order valence-electron chi connectivity index (χ1n) is 10.2. The maximum absolute atomic E-state index is 14.4. The topological polar surface area (TPSA) is 83.8 Å². The molecule has 0 radical (unpaired) electrons. The van der Waals surface area contributed by atoms with Crippen LogP contribution in [0.1, 0.15) is 84.0 Å². The predicted octanol–water partition coefficient (Wildman–Crippen LogP) is 4.31. The van der Waals surface area contributed by atoms with Gasteiger partial charge in [-0.1, -0.05) is 32.6 Å². The van der Waals surface area contributed by atoms with Gasteiger partial charge >= 0.3 is 11.9 Å². The molecule has 0 aromatic rings. The summed E-state index contributed by atoms with van der Waals surface area (Å²) in [4.78, 5) is 22.8. The molecule has 1 saturated carbocycles. The zero-order chi connectivity index (χ0) is 20.1. The number of carboxylic acids is 1. The fourth-order valence-electron chi connectivity index (χ4n) is 4.42. The van der Waals surface area contributed by atoms with Gasteiger partial charge in [0.1, 0.15) is 5.78 Å². The van der Waals surface area contributed by atoms with Gasteiger partial charge in [0, 0.05) is 31.6 Å². The monoisotopic (exact) mass is 390 g/mol. The van der Waals surface area contributed by atoms with Gasteiger partial charge in [0.05, 0.1) is 6.10 Å². The lowest BCUT2D eigenvalue weighted by Gasteiger charge is -2.43. The minimum atomic E-state index is -3.31. The molecule has 1 aliphatic heterocycles. The zero-order valence-electron chi connectivity index (χ0n) is 16.1. The standard InChI is InChI=1S/C20H32F2O5/c1-2-3-11-19(21,22)20(26)12-10-15-14(16(23)13-17(15)27-20)8-6-4-5-7-9-18(24)25/h14-15,17,26H,2-13H2,1H3,(H,24,25)/t14-,15?,17+,20-/m1/s1. The minimum Gasteiger partial charge on any atom is -0.481 e. The number of alkyl halides is 2. The summed E-state index contributed by atoms with van der Waals surface area (Å²) in [7, 11) is 0. The summed E-state index contributed by atoms with van der Waals surface area (Å²) in [6.07, 6.45) is 4.17. The Morgan fingerprint density at radius 3 is 2.63 bits per heavy atom. The average Bonchev–Trinajstić information content (AvgIpc) is 2.90. The van der Waals surface area contributed by atoms with E-state index in [0.717, 1.165) is 19.3 Å². The second kappa shape index (κ2) is 9.41. The molecule has 0 aromatic carbocycles. The summed E-state index contributed by atoms with van der Waals surface area (Å²) in [6.45, 7) is 1.82. The highest BCUT2D eigenvalue weighted by Crippen LogP contribution is 2.49. The SMILES string of the molecule is CCCCC(F)(F)[C@@]1(O)CCC2[C@H](CC(=O)[C@@H]2CCCCCCC(=O)O)O1. The second-order valence-electron chi connectivity index (χ2n) is 8.07. The first kappa shape index (κ1) is 22.2. The smallest absolute Gasteiger partial charge is 0.303 e. The number of carbonyl (C=O) groups is 2. The molecule has 2 fully saturated rings. The zero-order valence-corrected chi connectivity index (χ0v) is 16.1. The van der Waals surface area contributed by atoms with Gasteiger partial charge in [0.2, 0.25) is 5.79 Å². The van der Waals surface area contributed by atoms with Crippen molar-refractivity contribution in [1.82, 2.24) is 0 Å². The van der Waals surface area contributed by atoms with E-state index >= 15 is 0 Å². The Balaban J connectivity index is 1.84. The highest BCUT2D eigenvalue weighted by atomic mass is 19.3. The normalized spacial score (nSPS) is 31.1. The fourth-order valence-corrected chi connectivity index (χ4v) is 4.42. The fraction of sp³-hybridized carbons (Fsp3) is 0.900. The van der Waals surface area contributed by atoms with Crippen LogP contribution in [-0.2, 0) is 14.3 Å². The molecule has 1 unspecified atom stereocenters. The van der Waals surface area contributed by atoms with Crippen LogP contribution in [0.25, 0.3) is 0 Å². The van der Waals surface area contributed by atoms with Crippen molar-refractivity contribution < 1.29 is 33.3 Å². The van der Waals surface area contributed by atoms with Crippen molar-refractivity contribution in [3.05, 3.63) is 0 Å². The molecule has 0 spiro atoms. The summed E-state index contributed by atoms with van der Waals surface area (Å²) in [5.74, 6) is -6.82. The quantitative estimate of drug-likeness (QED) is 0.514. The van der Waals surface area contributed by atoms with E-state index in [1.54, 1.807) is 0 Å². The summed E-state index contributed by atoms with van der Waals surface area (Å²) in [6, 6.07) is 0. The second-order valence-corrected chi connectivity index (χ2v) is 8.07. The summed E-state index contributed by atoms with van der Waals surface area (Å²) >= 11 is 0. The Morgan fingerprint density at radius 2 is 1.96 bits per heavy atom. The molecule has 0 aromatic heterocycles.